The molecule has 0 aromatic heterocycles. The van der Waals surface area contributed by atoms with Crippen molar-refractivity contribution in [3.63, 3.8) is 0 Å². The molecule has 0 atom stereocenters. The molecule has 1 aromatic rings. The van der Waals surface area contributed by atoms with Crippen molar-refractivity contribution >= 4 is 23.2 Å². The first-order chi connectivity index (χ1) is 13.1. The first kappa shape index (κ1) is 20.4. The van der Waals surface area contributed by atoms with Crippen LogP contribution in [0.5, 0.6) is 0 Å². The Morgan fingerprint density at radius 2 is 1.96 bits per heavy atom. The summed E-state index contributed by atoms with van der Waals surface area (Å²) >= 11 is 6.30. The molecule has 0 aliphatic heterocycles. The lowest BCUT2D eigenvalue weighted by Crippen LogP contribution is -2.43. The van der Waals surface area contributed by atoms with Gasteiger partial charge in [-0.25, -0.2) is 0 Å². The van der Waals surface area contributed by atoms with Crippen LogP contribution in [0.2, 0.25) is 5.02 Å². The maximum absolute atomic E-state index is 12.8. The van der Waals surface area contributed by atoms with E-state index in [-0.39, 0.29) is 5.91 Å². The third-order valence-electron chi connectivity index (χ3n) is 6.15. The number of nitrogens with two attached hydrogens (primary N) is 1. The van der Waals surface area contributed by atoms with Crippen LogP contribution in [-0.4, -0.2) is 38.6 Å². The molecule has 2 saturated carbocycles. The van der Waals surface area contributed by atoms with E-state index >= 15 is 0 Å². The number of hydrogen-bond donors (Lipinski definition) is 4. The lowest BCUT2D eigenvalue weighted by molar-refractivity contribution is 0.0682. The maximum atomic E-state index is 12.8. The fourth-order valence-corrected chi connectivity index (χ4v) is 4.97. The van der Waals surface area contributed by atoms with E-state index in [1.807, 2.05) is 12.1 Å². The van der Waals surface area contributed by atoms with Gasteiger partial charge in [0.25, 0.3) is 5.91 Å². The van der Waals surface area contributed by atoms with Crippen LogP contribution in [0, 0.1) is 11.3 Å². The van der Waals surface area contributed by atoms with E-state index in [0.717, 1.165) is 37.8 Å². The third-order valence-corrected chi connectivity index (χ3v) is 6.48. The zero-order chi connectivity index (χ0) is 19.1. The van der Waals surface area contributed by atoms with Gasteiger partial charge in [0.2, 0.25) is 0 Å². The van der Waals surface area contributed by atoms with E-state index in [2.05, 4.69) is 16.0 Å². The van der Waals surface area contributed by atoms with Gasteiger partial charge in [-0.15, -0.1) is 0 Å². The van der Waals surface area contributed by atoms with Crippen LogP contribution in [0.25, 0.3) is 0 Å². The SMILES string of the molecule is NCCNCCNc1ccc(Cl)c(C(=O)NCC23CCCC(CCC2)C3)c1. The van der Waals surface area contributed by atoms with Gasteiger partial charge in [-0.1, -0.05) is 37.3 Å². The van der Waals surface area contributed by atoms with Gasteiger partial charge >= 0.3 is 0 Å². The number of carbonyl (C=O) groups is 1. The molecular formula is C21H33ClN4O. The number of fused-ring (bicyclic) bond motifs is 2. The fourth-order valence-electron chi connectivity index (χ4n) is 4.76. The molecule has 150 valence electrons. The second-order valence-electron chi connectivity index (χ2n) is 8.20. The standard InChI is InChI=1S/C21H33ClN4O/c22-19-6-5-17(25-12-11-24-10-9-23)13-18(19)20(27)26-15-21-7-1-3-16(14-21)4-2-8-21/h5-6,13,16,24-25H,1-4,7-12,14-15,23H2,(H,26,27). The van der Waals surface area contributed by atoms with Crippen molar-refractivity contribution in [2.24, 2.45) is 17.1 Å². The fraction of sp³-hybridized carbons (Fsp3) is 0.667. The maximum Gasteiger partial charge on any atom is 0.252 e. The van der Waals surface area contributed by atoms with E-state index in [9.17, 15) is 4.79 Å². The number of amides is 1. The Balaban J connectivity index is 1.55. The number of nitrogens with one attached hydrogen (secondary N) is 3. The molecule has 2 aliphatic rings. The molecule has 0 saturated heterocycles. The van der Waals surface area contributed by atoms with Crippen molar-refractivity contribution in [1.29, 1.82) is 0 Å². The summed E-state index contributed by atoms with van der Waals surface area (Å²) in [6.07, 6.45) is 9.12. The van der Waals surface area contributed by atoms with Crippen molar-refractivity contribution < 1.29 is 4.79 Å². The topological polar surface area (TPSA) is 79.2 Å². The lowest BCUT2D eigenvalue weighted by Gasteiger charge is -2.45. The minimum Gasteiger partial charge on any atom is -0.384 e. The molecular weight excluding hydrogens is 360 g/mol. The average Bonchev–Trinajstić information content (AvgIpc) is 2.67. The predicted octanol–water partition coefficient (Wildman–Crippen LogP) is 3.39. The van der Waals surface area contributed by atoms with Crippen molar-refractivity contribution in [2.75, 3.05) is 38.0 Å². The van der Waals surface area contributed by atoms with Crippen LogP contribution in [0.15, 0.2) is 18.2 Å². The van der Waals surface area contributed by atoms with Crippen LogP contribution in [-0.2, 0) is 0 Å². The molecule has 0 heterocycles. The van der Waals surface area contributed by atoms with Gasteiger partial charge in [-0.2, -0.15) is 0 Å². The van der Waals surface area contributed by atoms with Crippen molar-refractivity contribution in [2.45, 2.75) is 44.9 Å². The zero-order valence-corrected chi connectivity index (χ0v) is 16.9. The first-order valence-electron chi connectivity index (χ1n) is 10.3. The summed E-state index contributed by atoms with van der Waals surface area (Å²) in [5.41, 5.74) is 7.24. The van der Waals surface area contributed by atoms with Gasteiger partial charge in [0, 0.05) is 38.4 Å². The molecule has 2 bridgehead atoms. The third kappa shape index (κ3) is 5.59. The molecule has 0 unspecified atom stereocenters. The van der Waals surface area contributed by atoms with E-state index in [1.54, 1.807) is 6.07 Å². The first-order valence-corrected chi connectivity index (χ1v) is 10.7. The van der Waals surface area contributed by atoms with E-state index < -0.39 is 0 Å². The largest absolute Gasteiger partial charge is 0.384 e. The average molecular weight is 393 g/mol. The van der Waals surface area contributed by atoms with Crippen LogP contribution in [0.3, 0.4) is 0 Å². The molecule has 1 aromatic carbocycles. The van der Waals surface area contributed by atoms with Crippen molar-refractivity contribution in [3.8, 4) is 0 Å². The highest BCUT2D eigenvalue weighted by molar-refractivity contribution is 6.34. The second-order valence-corrected chi connectivity index (χ2v) is 8.60. The van der Waals surface area contributed by atoms with Gasteiger partial charge < -0.3 is 21.7 Å². The van der Waals surface area contributed by atoms with Crippen LogP contribution in [0.4, 0.5) is 5.69 Å². The molecule has 1 amide bonds. The Labute approximate surface area is 167 Å². The number of rotatable bonds is 9. The highest BCUT2D eigenvalue weighted by atomic mass is 35.5. The summed E-state index contributed by atoms with van der Waals surface area (Å²) in [6, 6.07) is 5.55. The Morgan fingerprint density at radius 1 is 1.19 bits per heavy atom. The molecule has 2 aliphatic carbocycles. The summed E-state index contributed by atoms with van der Waals surface area (Å²) in [4.78, 5) is 12.8. The number of halogens is 1. The van der Waals surface area contributed by atoms with Crippen LogP contribution >= 0.6 is 11.6 Å². The highest BCUT2D eigenvalue weighted by Crippen LogP contribution is 2.48. The molecule has 6 heteroatoms. The van der Waals surface area contributed by atoms with Crippen molar-refractivity contribution in [3.05, 3.63) is 28.8 Å². The Morgan fingerprint density at radius 3 is 2.70 bits per heavy atom. The minimum atomic E-state index is -0.0630. The van der Waals surface area contributed by atoms with Gasteiger partial charge in [0.1, 0.15) is 0 Å². The molecule has 0 radical (unpaired) electrons. The smallest absolute Gasteiger partial charge is 0.252 e. The summed E-state index contributed by atoms with van der Waals surface area (Å²) in [6.45, 7) is 3.81. The van der Waals surface area contributed by atoms with Gasteiger partial charge in [-0.05, 0) is 48.8 Å². The molecule has 3 rings (SSSR count). The minimum absolute atomic E-state index is 0.0630. The molecule has 0 spiro atoms. The normalized spacial score (nSPS) is 24.4. The predicted molar refractivity (Wildman–Crippen MR) is 112 cm³/mol. The lowest BCUT2D eigenvalue weighted by atomic mass is 9.62. The summed E-state index contributed by atoms with van der Waals surface area (Å²) in [5, 5.41) is 10.3. The van der Waals surface area contributed by atoms with Crippen LogP contribution in [0.1, 0.15) is 55.3 Å². The molecule has 27 heavy (non-hydrogen) atoms. The summed E-state index contributed by atoms with van der Waals surface area (Å²) < 4.78 is 0. The van der Waals surface area contributed by atoms with E-state index in [1.165, 1.54) is 44.9 Å². The monoisotopic (exact) mass is 392 g/mol. The van der Waals surface area contributed by atoms with Crippen molar-refractivity contribution in [1.82, 2.24) is 10.6 Å². The summed E-state index contributed by atoms with van der Waals surface area (Å²) in [7, 11) is 0. The Kier molecular flexibility index (Phi) is 7.39. The number of anilines is 1. The second kappa shape index (κ2) is 9.76. The quantitative estimate of drug-likeness (QED) is 0.486. The summed E-state index contributed by atoms with van der Waals surface area (Å²) in [5.74, 6) is 0.806. The highest BCUT2D eigenvalue weighted by Gasteiger charge is 2.39. The zero-order valence-electron chi connectivity index (χ0n) is 16.2. The van der Waals surface area contributed by atoms with Gasteiger partial charge in [-0.3, -0.25) is 4.79 Å². The number of carbonyl (C=O) groups excluding carboxylic acids is 1. The van der Waals surface area contributed by atoms with E-state index in [4.69, 9.17) is 17.3 Å². The molecule has 5 nitrogen and oxygen atoms in total. The Hall–Kier alpha value is -1.30. The van der Waals surface area contributed by atoms with E-state index in [0.29, 0.717) is 22.5 Å². The molecule has 2 fully saturated rings. The number of hydrogen-bond acceptors (Lipinski definition) is 4. The van der Waals surface area contributed by atoms with Crippen LogP contribution < -0.4 is 21.7 Å². The molecule has 5 N–H and O–H groups in total. The Bertz CT molecular complexity index is 627. The van der Waals surface area contributed by atoms with Gasteiger partial charge in [0.15, 0.2) is 0 Å². The van der Waals surface area contributed by atoms with Gasteiger partial charge in [0.05, 0.1) is 10.6 Å². The number of benzene rings is 1.